The number of ether oxygens (including phenoxy) is 1. The van der Waals surface area contributed by atoms with Crippen molar-refractivity contribution in [1.82, 2.24) is 0 Å². The summed E-state index contributed by atoms with van der Waals surface area (Å²) in [7, 11) is 1.72. The van der Waals surface area contributed by atoms with Gasteiger partial charge in [-0.25, -0.2) is 0 Å². The Hall–Kier alpha value is -0.860. The van der Waals surface area contributed by atoms with E-state index in [1.54, 1.807) is 7.11 Å². The number of aryl methyl sites for hydroxylation is 1. The van der Waals surface area contributed by atoms with Crippen LogP contribution in [0.5, 0.6) is 0 Å². The van der Waals surface area contributed by atoms with Gasteiger partial charge in [0, 0.05) is 7.11 Å². The normalized spacial score (nSPS) is 15.3. The summed E-state index contributed by atoms with van der Waals surface area (Å²) in [4.78, 5) is 0. The average molecular weight is 207 g/mol. The van der Waals surface area contributed by atoms with Gasteiger partial charge in [0.25, 0.3) is 0 Å². The van der Waals surface area contributed by atoms with Gasteiger partial charge in [0.15, 0.2) is 0 Å². The van der Waals surface area contributed by atoms with Gasteiger partial charge in [0.1, 0.15) is 0 Å². The zero-order valence-electron chi connectivity index (χ0n) is 10.0. The molecule has 0 saturated heterocycles. The lowest BCUT2D eigenvalue weighted by Crippen LogP contribution is -2.32. The van der Waals surface area contributed by atoms with Crippen LogP contribution >= 0.6 is 0 Å². The quantitative estimate of drug-likeness (QED) is 0.823. The molecule has 2 unspecified atom stereocenters. The molecule has 0 aromatic heterocycles. The van der Waals surface area contributed by atoms with E-state index in [4.69, 9.17) is 10.5 Å². The van der Waals surface area contributed by atoms with Crippen molar-refractivity contribution < 1.29 is 4.74 Å². The van der Waals surface area contributed by atoms with Crippen LogP contribution in [0.3, 0.4) is 0 Å². The van der Waals surface area contributed by atoms with Gasteiger partial charge in [-0.1, -0.05) is 43.7 Å². The van der Waals surface area contributed by atoms with Gasteiger partial charge in [-0.2, -0.15) is 0 Å². The predicted molar refractivity (Wildman–Crippen MR) is 63.7 cm³/mol. The third-order valence-electron chi connectivity index (χ3n) is 2.75. The average Bonchev–Trinajstić information content (AvgIpc) is 2.19. The van der Waals surface area contributed by atoms with Crippen molar-refractivity contribution in [2.24, 2.45) is 11.7 Å². The molecule has 2 heteroatoms. The van der Waals surface area contributed by atoms with E-state index in [9.17, 15) is 0 Å². The van der Waals surface area contributed by atoms with Crippen LogP contribution in [0, 0.1) is 12.8 Å². The predicted octanol–water partition coefficient (Wildman–Crippen LogP) is 2.67. The van der Waals surface area contributed by atoms with Gasteiger partial charge in [0.2, 0.25) is 0 Å². The summed E-state index contributed by atoms with van der Waals surface area (Å²) in [5, 5.41) is 0. The van der Waals surface area contributed by atoms with Crippen LogP contribution in [0.2, 0.25) is 0 Å². The van der Waals surface area contributed by atoms with E-state index < -0.39 is 0 Å². The number of nitrogens with two attached hydrogens (primary N) is 1. The summed E-state index contributed by atoms with van der Waals surface area (Å²) in [6, 6.07) is 8.28. The van der Waals surface area contributed by atoms with Crippen molar-refractivity contribution in [2.75, 3.05) is 7.11 Å². The molecule has 84 valence electrons. The molecular formula is C13H21NO. The molecule has 0 amide bonds. The second-order valence-corrected chi connectivity index (χ2v) is 4.38. The molecule has 1 aromatic carbocycles. The van der Waals surface area contributed by atoms with Gasteiger partial charge >= 0.3 is 0 Å². The second-order valence-electron chi connectivity index (χ2n) is 4.38. The van der Waals surface area contributed by atoms with E-state index >= 15 is 0 Å². The molecule has 2 nitrogen and oxygen atoms in total. The van der Waals surface area contributed by atoms with Crippen molar-refractivity contribution >= 4 is 0 Å². The van der Waals surface area contributed by atoms with E-state index in [2.05, 4.69) is 45.0 Å². The molecule has 0 fully saturated rings. The first kappa shape index (κ1) is 12.2. The largest absolute Gasteiger partial charge is 0.379 e. The second kappa shape index (κ2) is 5.29. The lowest BCUT2D eigenvalue weighted by Gasteiger charge is -2.26. The molecule has 2 atom stereocenters. The van der Waals surface area contributed by atoms with Gasteiger partial charge in [-0.15, -0.1) is 0 Å². The molecule has 1 aromatic rings. The fourth-order valence-electron chi connectivity index (χ4n) is 1.81. The maximum absolute atomic E-state index is 6.18. The van der Waals surface area contributed by atoms with Gasteiger partial charge < -0.3 is 10.5 Å². The minimum absolute atomic E-state index is 0.0457. The number of hydrogen-bond donors (Lipinski definition) is 1. The van der Waals surface area contributed by atoms with Crippen molar-refractivity contribution in [3.63, 3.8) is 0 Å². The Bertz CT molecular complexity index is 292. The summed E-state index contributed by atoms with van der Waals surface area (Å²) in [6.45, 7) is 6.33. The highest BCUT2D eigenvalue weighted by atomic mass is 16.5. The highest BCUT2D eigenvalue weighted by Gasteiger charge is 2.21. The van der Waals surface area contributed by atoms with Crippen LogP contribution in [0.1, 0.15) is 31.0 Å². The molecule has 0 spiro atoms. The standard InChI is InChI=1S/C13H21NO/c1-9(2)13(15-4)12(14)11-7-5-10(3)6-8-11/h5-9,12-13H,14H2,1-4H3. The third-order valence-corrected chi connectivity index (χ3v) is 2.75. The first-order valence-electron chi connectivity index (χ1n) is 5.41. The highest BCUT2D eigenvalue weighted by Crippen LogP contribution is 2.22. The summed E-state index contributed by atoms with van der Waals surface area (Å²) in [6.07, 6.45) is 0.0766. The van der Waals surface area contributed by atoms with Gasteiger partial charge in [-0.3, -0.25) is 0 Å². The Morgan fingerprint density at radius 3 is 2.07 bits per heavy atom. The molecule has 0 aliphatic heterocycles. The first-order chi connectivity index (χ1) is 7.06. The SMILES string of the molecule is COC(C(C)C)C(N)c1ccc(C)cc1. The highest BCUT2D eigenvalue weighted by molar-refractivity contribution is 5.24. The summed E-state index contributed by atoms with van der Waals surface area (Å²) < 4.78 is 5.43. The van der Waals surface area contributed by atoms with Crippen LogP contribution in [-0.2, 0) is 4.74 Å². The first-order valence-corrected chi connectivity index (χ1v) is 5.41. The Morgan fingerprint density at radius 2 is 1.67 bits per heavy atom. The maximum Gasteiger partial charge on any atom is 0.0786 e. The van der Waals surface area contributed by atoms with E-state index in [0.717, 1.165) is 5.56 Å². The minimum Gasteiger partial charge on any atom is -0.379 e. The summed E-state index contributed by atoms with van der Waals surface area (Å²) >= 11 is 0. The molecular weight excluding hydrogens is 186 g/mol. The van der Waals surface area contributed by atoms with E-state index in [0.29, 0.717) is 5.92 Å². The Balaban J connectivity index is 2.82. The molecule has 2 N–H and O–H groups in total. The van der Waals surface area contributed by atoms with Crippen LogP contribution in [0.25, 0.3) is 0 Å². The topological polar surface area (TPSA) is 35.2 Å². The fraction of sp³-hybridized carbons (Fsp3) is 0.538. The number of methoxy groups -OCH3 is 1. The summed E-state index contributed by atoms with van der Waals surface area (Å²) in [5.74, 6) is 0.423. The lowest BCUT2D eigenvalue weighted by atomic mass is 9.94. The third kappa shape index (κ3) is 3.05. The van der Waals surface area contributed by atoms with Gasteiger partial charge in [0.05, 0.1) is 12.1 Å². The Labute approximate surface area is 92.4 Å². The van der Waals surface area contributed by atoms with Crippen LogP contribution in [-0.4, -0.2) is 13.2 Å². The number of rotatable bonds is 4. The lowest BCUT2D eigenvalue weighted by molar-refractivity contribution is 0.0437. The van der Waals surface area contributed by atoms with E-state index in [1.807, 2.05) is 0 Å². The molecule has 0 aliphatic rings. The monoisotopic (exact) mass is 207 g/mol. The molecule has 0 bridgehead atoms. The van der Waals surface area contributed by atoms with Crippen LogP contribution < -0.4 is 5.73 Å². The van der Waals surface area contributed by atoms with Crippen LogP contribution in [0.4, 0.5) is 0 Å². The van der Waals surface area contributed by atoms with Crippen molar-refractivity contribution in [3.8, 4) is 0 Å². The molecule has 15 heavy (non-hydrogen) atoms. The molecule has 1 rings (SSSR count). The maximum atomic E-state index is 6.18. The fourth-order valence-corrected chi connectivity index (χ4v) is 1.81. The van der Waals surface area contributed by atoms with Gasteiger partial charge in [-0.05, 0) is 18.4 Å². The van der Waals surface area contributed by atoms with Crippen molar-refractivity contribution in [1.29, 1.82) is 0 Å². The molecule has 0 aliphatic carbocycles. The zero-order valence-corrected chi connectivity index (χ0v) is 10.0. The minimum atomic E-state index is -0.0457. The smallest absolute Gasteiger partial charge is 0.0786 e. The number of hydrogen-bond acceptors (Lipinski definition) is 2. The van der Waals surface area contributed by atoms with Crippen molar-refractivity contribution in [2.45, 2.75) is 32.9 Å². The number of benzene rings is 1. The van der Waals surface area contributed by atoms with Crippen LogP contribution in [0.15, 0.2) is 24.3 Å². The Kier molecular flexibility index (Phi) is 4.30. The Morgan fingerprint density at radius 1 is 1.13 bits per heavy atom. The molecule has 0 saturated carbocycles. The van der Waals surface area contributed by atoms with E-state index in [1.165, 1.54) is 5.56 Å². The molecule has 0 radical (unpaired) electrons. The zero-order chi connectivity index (χ0) is 11.4. The molecule has 0 heterocycles. The van der Waals surface area contributed by atoms with Crippen molar-refractivity contribution in [3.05, 3.63) is 35.4 Å². The van der Waals surface area contributed by atoms with E-state index in [-0.39, 0.29) is 12.1 Å². The summed E-state index contributed by atoms with van der Waals surface area (Å²) in [5.41, 5.74) is 8.57.